The van der Waals surface area contributed by atoms with Crippen molar-refractivity contribution in [2.24, 2.45) is 5.73 Å². The highest BCUT2D eigenvalue weighted by atomic mass is 32.2. The molecule has 0 aliphatic carbocycles. The molecule has 1 amide bonds. The maximum absolute atomic E-state index is 12.2. The van der Waals surface area contributed by atoms with Crippen LogP contribution in [0.3, 0.4) is 0 Å². The van der Waals surface area contributed by atoms with Crippen molar-refractivity contribution in [3.05, 3.63) is 35.9 Å². The van der Waals surface area contributed by atoms with Crippen molar-refractivity contribution in [3.8, 4) is 0 Å². The molecule has 1 unspecified atom stereocenters. The second-order valence-electron chi connectivity index (χ2n) is 4.55. The van der Waals surface area contributed by atoms with Crippen LogP contribution in [-0.4, -0.2) is 41.9 Å². The third-order valence-electron chi connectivity index (χ3n) is 3.03. The van der Waals surface area contributed by atoms with Gasteiger partial charge in [-0.05, 0) is 25.2 Å². The number of thioether (sulfide) groups is 1. The van der Waals surface area contributed by atoms with Gasteiger partial charge in [-0.3, -0.25) is 4.79 Å². The molecule has 2 atom stereocenters. The Balaban J connectivity index is 2.56. The Labute approximate surface area is 114 Å². The molecule has 1 rings (SSSR count). The van der Waals surface area contributed by atoms with Crippen LogP contribution in [-0.2, 0) is 11.2 Å². The number of rotatable bonds is 6. The zero-order valence-corrected chi connectivity index (χ0v) is 12.1. The Morgan fingerprint density at radius 1 is 1.39 bits per heavy atom. The SMILES string of the molecule is CSCC(C)N(C)C(=O)[C@@H](N)Cc1ccccc1. The molecule has 0 heterocycles. The van der Waals surface area contributed by atoms with Gasteiger partial charge in [0.1, 0.15) is 0 Å². The topological polar surface area (TPSA) is 46.3 Å². The van der Waals surface area contributed by atoms with Crippen LogP contribution in [0, 0.1) is 0 Å². The van der Waals surface area contributed by atoms with Crippen LogP contribution < -0.4 is 5.73 Å². The molecule has 100 valence electrons. The minimum atomic E-state index is -0.457. The summed E-state index contributed by atoms with van der Waals surface area (Å²) in [7, 11) is 1.83. The number of nitrogens with two attached hydrogens (primary N) is 1. The molecule has 0 saturated carbocycles. The van der Waals surface area contributed by atoms with Crippen LogP contribution in [0.1, 0.15) is 12.5 Å². The lowest BCUT2D eigenvalue weighted by Gasteiger charge is -2.27. The Kier molecular flexibility index (Phi) is 6.22. The highest BCUT2D eigenvalue weighted by Gasteiger charge is 2.21. The van der Waals surface area contributed by atoms with E-state index >= 15 is 0 Å². The van der Waals surface area contributed by atoms with Gasteiger partial charge in [-0.15, -0.1) is 0 Å². The molecular weight excluding hydrogens is 244 g/mol. The molecule has 0 spiro atoms. The molecule has 1 aromatic rings. The zero-order valence-electron chi connectivity index (χ0n) is 11.3. The Hall–Kier alpha value is -1.00. The van der Waals surface area contributed by atoms with Crippen LogP contribution in [0.4, 0.5) is 0 Å². The highest BCUT2D eigenvalue weighted by molar-refractivity contribution is 7.98. The molecule has 0 radical (unpaired) electrons. The lowest BCUT2D eigenvalue weighted by molar-refractivity contribution is -0.132. The zero-order chi connectivity index (χ0) is 13.5. The molecule has 0 fully saturated rings. The van der Waals surface area contributed by atoms with Crippen molar-refractivity contribution in [1.82, 2.24) is 4.90 Å². The van der Waals surface area contributed by atoms with Crippen molar-refractivity contribution in [2.45, 2.75) is 25.4 Å². The van der Waals surface area contributed by atoms with Crippen molar-refractivity contribution in [2.75, 3.05) is 19.1 Å². The first-order chi connectivity index (χ1) is 8.56. The Morgan fingerprint density at radius 2 is 2.00 bits per heavy atom. The van der Waals surface area contributed by atoms with Crippen molar-refractivity contribution >= 4 is 17.7 Å². The molecule has 0 aliphatic rings. The number of amides is 1. The average Bonchev–Trinajstić information content (AvgIpc) is 2.38. The summed E-state index contributed by atoms with van der Waals surface area (Å²) in [5.74, 6) is 0.945. The van der Waals surface area contributed by atoms with Gasteiger partial charge < -0.3 is 10.6 Å². The maximum atomic E-state index is 12.2. The molecule has 0 bridgehead atoms. The van der Waals surface area contributed by atoms with E-state index in [0.29, 0.717) is 6.42 Å². The summed E-state index contributed by atoms with van der Waals surface area (Å²) in [6, 6.07) is 9.65. The van der Waals surface area contributed by atoms with Crippen LogP contribution >= 0.6 is 11.8 Å². The fourth-order valence-corrected chi connectivity index (χ4v) is 2.49. The predicted molar refractivity (Wildman–Crippen MR) is 78.7 cm³/mol. The van der Waals surface area contributed by atoms with E-state index in [1.807, 2.05) is 50.6 Å². The van der Waals surface area contributed by atoms with Gasteiger partial charge >= 0.3 is 0 Å². The smallest absolute Gasteiger partial charge is 0.239 e. The van der Waals surface area contributed by atoms with Gasteiger partial charge in [0.05, 0.1) is 6.04 Å². The Morgan fingerprint density at radius 3 is 2.56 bits per heavy atom. The molecule has 0 aliphatic heterocycles. The average molecular weight is 266 g/mol. The summed E-state index contributed by atoms with van der Waals surface area (Å²) in [4.78, 5) is 13.9. The van der Waals surface area contributed by atoms with E-state index in [1.165, 1.54) is 0 Å². The van der Waals surface area contributed by atoms with Gasteiger partial charge in [-0.25, -0.2) is 0 Å². The maximum Gasteiger partial charge on any atom is 0.239 e. The fraction of sp³-hybridized carbons (Fsp3) is 0.500. The van der Waals surface area contributed by atoms with Crippen molar-refractivity contribution < 1.29 is 4.79 Å². The molecule has 2 N–H and O–H groups in total. The predicted octanol–water partition coefficient (Wildman–Crippen LogP) is 1.77. The van der Waals surface area contributed by atoms with Crippen LogP contribution in [0.15, 0.2) is 30.3 Å². The Bertz CT molecular complexity index is 369. The molecule has 18 heavy (non-hydrogen) atoms. The van der Waals surface area contributed by atoms with E-state index in [2.05, 4.69) is 0 Å². The van der Waals surface area contributed by atoms with E-state index in [-0.39, 0.29) is 11.9 Å². The number of carbonyl (C=O) groups excluding carboxylic acids is 1. The van der Waals surface area contributed by atoms with Gasteiger partial charge in [0, 0.05) is 18.8 Å². The first-order valence-corrected chi connectivity index (χ1v) is 7.50. The minimum Gasteiger partial charge on any atom is -0.341 e. The summed E-state index contributed by atoms with van der Waals surface area (Å²) in [6.45, 7) is 2.05. The molecule has 4 heteroatoms. The third-order valence-corrected chi connectivity index (χ3v) is 3.85. The van der Waals surface area contributed by atoms with E-state index in [4.69, 9.17) is 5.73 Å². The molecule has 1 aromatic carbocycles. The monoisotopic (exact) mass is 266 g/mol. The number of hydrogen-bond acceptors (Lipinski definition) is 3. The molecule has 0 saturated heterocycles. The van der Waals surface area contributed by atoms with Crippen LogP contribution in [0.5, 0.6) is 0 Å². The van der Waals surface area contributed by atoms with E-state index in [9.17, 15) is 4.79 Å². The number of hydrogen-bond donors (Lipinski definition) is 1. The third kappa shape index (κ3) is 4.35. The largest absolute Gasteiger partial charge is 0.341 e. The van der Waals surface area contributed by atoms with E-state index in [0.717, 1.165) is 11.3 Å². The standard InChI is InChI=1S/C14H22N2OS/c1-11(10-18-3)16(2)14(17)13(15)9-12-7-5-4-6-8-12/h4-8,11,13H,9-10,15H2,1-3H3/t11?,13-/m0/s1. The summed E-state index contributed by atoms with van der Waals surface area (Å²) >= 11 is 1.74. The number of likely N-dealkylation sites (N-methyl/N-ethyl adjacent to an activating group) is 1. The first kappa shape index (κ1) is 15.1. The summed E-state index contributed by atoms with van der Waals surface area (Å²) in [5.41, 5.74) is 7.09. The van der Waals surface area contributed by atoms with Gasteiger partial charge in [-0.2, -0.15) is 11.8 Å². The second-order valence-corrected chi connectivity index (χ2v) is 5.46. The molecular formula is C14H22N2OS. The number of benzene rings is 1. The molecule has 0 aromatic heterocycles. The molecule has 3 nitrogen and oxygen atoms in total. The number of carbonyl (C=O) groups is 1. The number of nitrogens with zero attached hydrogens (tertiary/aromatic N) is 1. The summed E-state index contributed by atoms with van der Waals surface area (Å²) < 4.78 is 0. The van der Waals surface area contributed by atoms with Gasteiger partial charge in [0.15, 0.2) is 0 Å². The second kappa shape index (κ2) is 7.44. The van der Waals surface area contributed by atoms with Crippen molar-refractivity contribution in [1.29, 1.82) is 0 Å². The normalized spacial score (nSPS) is 14.0. The summed E-state index contributed by atoms with van der Waals surface area (Å²) in [6.07, 6.45) is 2.63. The van der Waals surface area contributed by atoms with Gasteiger partial charge in [-0.1, -0.05) is 30.3 Å². The lowest BCUT2D eigenvalue weighted by Crippen LogP contribution is -2.47. The summed E-state index contributed by atoms with van der Waals surface area (Å²) in [5, 5.41) is 0. The quantitative estimate of drug-likeness (QED) is 0.853. The van der Waals surface area contributed by atoms with Crippen LogP contribution in [0.2, 0.25) is 0 Å². The fourth-order valence-electron chi connectivity index (χ4n) is 1.79. The minimum absolute atomic E-state index is 0.0143. The first-order valence-electron chi connectivity index (χ1n) is 6.11. The van der Waals surface area contributed by atoms with Gasteiger partial charge in [0.2, 0.25) is 5.91 Å². The van der Waals surface area contributed by atoms with E-state index in [1.54, 1.807) is 16.7 Å². The van der Waals surface area contributed by atoms with E-state index < -0.39 is 6.04 Å². The highest BCUT2D eigenvalue weighted by Crippen LogP contribution is 2.08. The van der Waals surface area contributed by atoms with Crippen LogP contribution in [0.25, 0.3) is 0 Å². The van der Waals surface area contributed by atoms with Gasteiger partial charge in [0.25, 0.3) is 0 Å². The lowest BCUT2D eigenvalue weighted by atomic mass is 10.1. The van der Waals surface area contributed by atoms with Crippen molar-refractivity contribution in [3.63, 3.8) is 0 Å².